The molecule has 4 rings (SSSR count). The van der Waals surface area contributed by atoms with Gasteiger partial charge >= 0.3 is 0 Å². The summed E-state index contributed by atoms with van der Waals surface area (Å²) in [6, 6.07) is 9.58. The van der Waals surface area contributed by atoms with Crippen molar-refractivity contribution in [2.45, 2.75) is 19.4 Å². The van der Waals surface area contributed by atoms with E-state index in [9.17, 15) is 9.59 Å². The first-order chi connectivity index (χ1) is 14.1. The van der Waals surface area contributed by atoms with E-state index >= 15 is 0 Å². The molecular weight excluding hydrogens is 388 g/mol. The van der Waals surface area contributed by atoms with Gasteiger partial charge in [0.15, 0.2) is 5.17 Å². The third-order valence-corrected chi connectivity index (χ3v) is 6.17. The van der Waals surface area contributed by atoms with Gasteiger partial charge in [0.2, 0.25) is 5.91 Å². The van der Waals surface area contributed by atoms with E-state index in [4.69, 9.17) is 4.74 Å². The second kappa shape index (κ2) is 8.42. The quantitative estimate of drug-likeness (QED) is 0.821. The third kappa shape index (κ3) is 3.82. The van der Waals surface area contributed by atoms with Crippen LogP contribution >= 0.6 is 11.8 Å². The Morgan fingerprint density at radius 3 is 2.66 bits per heavy atom. The smallest absolute Gasteiger partial charge is 0.251 e. The number of rotatable bonds is 4. The van der Waals surface area contributed by atoms with Crippen LogP contribution in [-0.2, 0) is 14.3 Å². The zero-order chi connectivity index (χ0) is 20.4. The van der Waals surface area contributed by atoms with Gasteiger partial charge in [-0.3, -0.25) is 9.59 Å². The van der Waals surface area contributed by atoms with Crippen LogP contribution in [-0.4, -0.2) is 60.1 Å². The van der Waals surface area contributed by atoms with Crippen molar-refractivity contribution in [2.24, 2.45) is 4.99 Å². The fourth-order valence-electron chi connectivity index (χ4n) is 3.82. The summed E-state index contributed by atoms with van der Waals surface area (Å²) >= 11 is 1.50. The summed E-state index contributed by atoms with van der Waals surface area (Å²) in [6.07, 6.45) is 0.273. The molecule has 2 amide bonds. The lowest BCUT2D eigenvalue weighted by molar-refractivity contribution is -0.134. The van der Waals surface area contributed by atoms with Crippen molar-refractivity contribution in [1.82, 2.24) is 15.1 Å². The van der Waals surface area contributed by atoms with Crippen molar-refractivity contribution in [3.05, 3.63) is 58.3 Å². The molecule has 3 aliphatic rings. The second-order valence-corrected chi connectivity index (χ2v) is 7.89. The topological polar surface area (TPSA) is 74.2 Å². The Morgan fingerprint density at radius 1 is 1.24 bits per heavy atom. The third-order valence-electron chi connectivity index (χ3n) is 5.28. The molecule has 1 atom stereocenters. The summed E-state index contributed by atoms with van der Waals surface area (Å²) in [5.74, 6) is -0.0871. The molecule has 0 aromatic heterocycles. The van der Waals surface area contributed by atoms with E-state index in [1.165, 1.54) is 11.8 Å². The van der Waals surface area contributed by atoms with Crippen LogP contribution in [0, 0.1) is 0 Å². The monoisotopic (exact) mass is 412 g/mol. The second-order valence-electron chi connectivity index (χ2n) is 7.05. The molecule has 0 bridgehead atoms. The van der Waals surface area contributed by atoms with Crippen molar-refractivity contribution in [3.8, 4) is 0 Å². The molecule has 0 spiro atoms. The highest BCUT2D eigenvalue weighted by molar-refractivity contribution is 8.16. The Kier molecular flexibility index (Phi) is 5.73. The number of allylic oxidation sites excluding steroid dienone is 1. The molecule has 1 aromatic carbocycles. The van der Waals surface area contributed by atoms with E-state index in [1.807, 2.05) is 52.5 Å². The van der Waals surface area contributed by atoms with Gasteiger partial charge in [0.1, 0.15) is 0 Å². The molecule has 0 saturated carbocycles. The Hall–Kier alpha value is -2.58. The van der Waals surface area contributed by atoms with Crippen LogP contribution in [0.1, 0.15) is 24.9 Å². The largest absolute Gasteiger partial charge is 0.378 e. The maximum absolute atomic E-state index is 12.9. The van der Waals surface area contributed by atoms with Crippen molar-refractivity contribution in [1.29, 1.82) is 0 Å². The van der Waals surface area contributed by atoms with Crippen LogP contribution in [0.5, 0.6) is 0 Å². The van der Waals surface area contributed by atoms with Gasteiger partial charge in [0.25, 0.3) is 5.91 Å². The molecule has 8 heteroatoms. The summed E-state index contributed by atoms with van der Waals surface area (Å²) in [5.41, 5.74) is 3.17. The minimum atomic E-state index is -0.317. The van der Waals surface area contributed by atoms with Crippen LogP contribution < -0.4 is 5.32 Å². The lowest BCUT2D eigenvalue weighted by Gasteiger charge is -2.37. The molecule has 1 saturated heterocycles. The van der Waals surface area contributed by atoms with E-state index in [2.05, 4.69) is 10.3 Å². The van der Waals surface area contributed by atoms with Gasteiger partial charge in [-0.15, -0.1) is 0 Å². The van der Waals surface area contributed by atoms with Gasteiger partial charge in [-0.05, 0) is 17.9 Å². The van der Waals surface area contributed by atoms with Crippen molar-refractivity contribution >= 4 is 28.7 Å². The maximum Gasteiger partial charge on any atom is 0.251 e. The van der Waals surface area contributed by atoms with Crippen LogP contribution in [0.15, 0.2) is 57.7 Å². The number of hydrogen-bond acceptors (Lipinski definition) is 6. The fourth-order valence-corrected chi connectivity index (χ4v) is 4.79. The van der Waals surface area contributed by atoms with Gasteiger partial charge in [0, 0.05) is 25.8 Å². The molecular formula is C21H24N4O3S. The fraction of sp³-hybridized carbons (Fsp3) is 0.381. The van der Waals surface area contributed by atoms with Gasteiger partial charge in [-0.25, -0.2) is 4.99 Å². The number of nitrogens with one attached hydrogen (secondary N) is 1. The number of benzene rings is 1. The summed E-state index contributed by atoms with van der Waals surface area (Å²) < 4.78 is 5.35. The van der Waals surface area contributed by atoms with Crippen LogP contribution in [0.3, 0.4) is 0 Å². The van der Waals surface area contributed by atoms with E-state index in [0.717, 1.165) is 16.4 Å². The van der Waals surface area contributed by atoms with Crippen LogP contribution in [0.4, 0.5) is 0 Å². The number of fused-ring (bicyclic) bond motifs is 1. The van der Waals surface area contributed by atoms with Crippen molar-refractivity contribution in [2.75, 3.05) is 33.4 Å². The van der Waals surface area contributed by atoms with E-state index < -0.39 is 0 Å². The molecule has 3 aliphatic heterocycles. The number of ether oxygens (including phenoxy) is 1. The Balaban J connectivity index is 1.67. The molecule has 29 heavy (non-hydrogen) atoms. The van der Waals surface area contributed by atoms with Crippen LogP contribution in [0.25, 0.3) is 0 Å². The standard InChI is InChI=1S/C21H24N4O3S/c1-14-18(20(27)22-2)19(15-6-4-3-5-7-15)25-16(13-29-21(25)23-14)12-17(26)24-8-10-28-11-9-24/h3-7,13,19H,8-12H2,1-2H3,(H,22,27). The number of hydrogen-bond donors (Lipinski definition) is 1. The first-order valence-corrected chi connectivity index (χ1v) is 10.5. The number of morpholine rings is 1. The van der Waals surface area contributed by atoms with E-state index in [-0.39, 0.29) is 24.3 Å². The normalized spacial score (nSPS) is 21.5. The van der Waals surface area contributed by atoms with Gasteiger partial charge in [0.05, 0.1) is 36.9 Å². The molecule has 1 N–H and O–H groups in total. The van der Waals surface area contributed by atoms with Crippen molar-refractivity contribution in [3.63, 3.8) is 0 Å². The Labute approximate surface area is 174 Å². The molecule has 0 radical (unpaired) electrons. The number of carbonyl (C=O) groups is 2. The van der Waals surface area contributed by atoms with E-state index in [1.54, 1.807) is 7.05 Å². The number of carbonyl (C=O) groups excluding carboxylic acids is 2. The summed E-state index contributed by atoms with van der Waals surface area (Å²) in [5, 5.41) is 5.52. The molecule has 1 fully saturated rings. The van der Waals surface area contributed by atoms with Gasteiger partial charge in [-0.1, -0.05) is 42.1 Å². The Bertz CT molecular complexity index is 904. The molecule has 1 unspecified atom stereocenters. The van der Waals surface area contributed by atoms with Gasteiger partial charge < -0.3 is 19.9 Å². The minimum Gasteiger partial charge on any atom is -0.378 e. The SMILES string of the molecule is CNC(=O)C1=C(C)N=C2SC=C(CC(=O)N3CCOCC3)N2C1c1ccccc1. The predicted molar refractivity (Wildman–Crippen MR) is 113 cm³/mol. The van der Waals surface area contributed by atoms with Gasteiger partial charge in [-0.2, -0.15) is 0 Å². The maximum atomic E-state index is 12.9. The Morgan fingerprint density at radius 2 is 1.97 bits per heavy atom. The molecule has 0 aliphatic carbocycles. The summed E-state index contributed by atoms with van der Waals surface area (Å²) in [7, 11) is 1.63. The predicted octanol–water partition coefficient (Wildman–Crippen LogP) is 2.26. The number of amides is 2. The lowest BCUT2D eigenvalue weighted by Crippen LogP contribution is -2.43. The lowest BCUT2D eigenvalue weighted by atomic mass is 9.93. The molecule has 1 aromatic rings. The summed E-state index contributed by atoms with van der Waals surface area (Å²) in [4.78, 5) is 34.2. The summed E-state index contributed by atoms with van der Waals surface area (Å²) in [6.45, 7) is 4.24. The number of aliphatic imine (C=N–C) groups is 1. The first kappa shape index (κ1) is 19.7. The van der Waals surface area contributed by atoms with E-state index in [0.29, 0.717) is 37.6 Å². The molecule has 152 valence electrons. The highest BCUT2D eigenvalue weighted by Gasteiger charge is 2.40. The average Bonchev–Trinajstić information content (AvgIpc) is 3.15. The zero-order valence-electron chi connectivity index (χ0n) is 16.6. The van der Waals surface area contributed by atoms with Crippen molar-refractivity contribution < 1.29 is 14.3 Å². The highest BCUT2D eigenvalue weighted by atomic mass is 32.2. The molecule has 7 nitrogen and oxygen atoms in total. The number of nitrogens with zero attached hydrogens (tertiary/aromatic N) is 3. The number of thioether (sulfide) groups is 1. The molecule has 3 heterocycles. The number of likely N-dealkylation sites (N-methyl/N-ethyl adjacent to an activating group) is 1. The zero-order valence-corrected chi connectivity index (χ0v) is 17.4. The minimum absolute atomic E-state index is 0.0704. The van der Waals surface area contributed by atoms with Crippen LogP contribution in [0.2, 0.25) is 0 Å². The first-order valence-electron chi connectivity index (χ1n) is 9.67. The number of amidine groups is 1. The highest BCUT2D eigenvalue weighted by Crippen LogP contribution is 2.44. The average molecular weight is 413 g/mol.